The molecule has 0 radical (unpaired) electrons. The zero-order chi connectivity index (χ0) is 30.7. The number of hydrogen-bond acceptors (Lipinski definition) is 15. The van der Waals surface area contributed by atoms with E-state index < -0.39 is 47.0 Å². The zero-order valence-corrected chi connectivity index (χ0v) is 24.8. The van der Waals surface area contributed by atoms with E-state index in [2.05, 4.69) is 20.4 Å². The van der Waals surface area contributed by atoms with Crippen LogP contribution in [0.2, 0.25) is 0 Å². The first-order valence-corrected chi connectivity index (χ1v) is 15.3. The summed E-state index contributed by atoms with van der Waals surface area (Å²) >= 11 is 3.50. The quantitative estimate of drug-likeness (QED) is 0.0437. The van der Waals surface area contributed by atoms with Crippen molar-refractivity contribution in [2.45, 2.75) is 49.5 Å². The average Bonchev–Trinajstić information content (AvgIpc) is 3.36. The Morgan fingerprint density at radius 1 is 1.36 bits per heavy atom. The first-order valence-electron chi connectivity index (χ1n) is 12.4. The van der Waals surface area contributed by atoms with Gasteiger partial charge in [-0.25, -0.2) is 14.3 Å². The molecule has 42 heavy (non-hydrogen) atoms. The normalized spacial score (nSPS) is 19.1. The summed E-state index contributed by atoms with van der Waals surface area (Å²) in [4.78, 5) is 63.9. The van der Waals surface area contributed by atoms with E-state index >= 15 is 0 Å². The van der Waals surface area contributed by atoms with Gasteiger partial charge in [0.25, 0.3) is 11.8 Å². The molecule has 0 aromatic carbocycles. The van der Waals surface area contributed by atoms with Crippen molar-refractivity contribution >= 4 is 81.1 Å². The van der Waals surface area contributed by atoms with Crippen LogP contribution in [0.5, 0.6) is 0 Å². The molecule has 1 fully saturated rings. The summed E-state index contributed by atoms with van der Waals surface area (Å²) < 4.78 is 1.77. The monoisotopic (exact) mass is 637 g/mol. The largest absolute Gasteiger partial charge is 0.543 e. The first-order chi connectivity index (χ1) is 19.9. The Morgan fingerprint density at radius 2 is 2.10 bits per heavy atom. The number of hydrogen-bond donors (Lipinski definition) is 5. The van der Waals surface area contributed by atoms with E-state index in [1.54, 1.807) is 4.57 Å². The molecule has 0 aliphatic carbocycles. The van der Waals surface area contributed by atoms with Crippen LogP contribution in [0.1, 0.15) is 26.0 Å². The molecule has 0 saturated carbocycles. The van der Waals surface area contributed by atoms with Gasteiger partial charge in [-0.2, -0.15) is 0 Å². The number of thiazole rings is 1. The minimum absolute atomic E-state index is 0.0123. The van der Waals surface area contributed by atoms with Crippen molar-refractivity contribution in [3.63, 3.8) is 0 Å². The van der Waals surface area contributed by atoms with Gasteiger partial charge in [-0.05, 0) is 30.7 Å². The SMILES string of the molecule is CCC[n+]1c(N)cc(N)nc1SCC1=C(C(=O)[O-])N2C(=O)C(NC(=O)/C(=N\O[C@@H](C)C(=O)O)c3csc(N)n3)C2SC1. The van der Waals surface area contributed by atoms with Crippen LogP contribution in [-0.2, 0) is 30.6 Å². The van der Waals surface area contributed by atoms with Gasteiger partial charge in [0.15, 0.2) is 10.8 Å². The Morgan fingerprint density at radius 3 is 2.71 bits per heavy atom. The van der Waals surface area contributed by atoms with E-state index in [1.807, 2.05) is 6.92 Å². The fraction of sp³-hybridized carbons (Fsp3) is 0.391. The number of nitrogens with two attached hydrogens (primary N) is 3. The number of aromatic nitrogens is 3. The lowest BCUT2D eigenvalue weighted by Crippen LogP contribution is -2.71. The Balaban J connectivity index is 1.52. The van der Waals surface area contributed by atoms with Crippen LogP contribution in [0.4, 0.5) is 16.8 Å². The third kappa shape index (κ3) is 6.36. The third-order valence-corrected chi connectivity index (χ3v) is 9.12. The van der Waals surface area contributed by atoms with E-state index in [-0.39, 0.29) is 33.8 Å². The Labute approximate surface area is 251 Å². The van der Waals surface area contributed by atoms with Gasteiger partial charge in [-0.1, -0.05) is 17.1 Å². The molecular formula is C23H27N9O7S3. The molecule has 2 aliphatic rings. The molecule has 3 atom stereocenters. The lowest BCUT2D eigenvalue weighted by molar-refractivity contribution is -0.723. The standard InChI is InChI=1S/C23H27N9O7S3/c1-3-4-31-13(25)5-12(24)28-23(31)42-7-10-6-40-19-15(18(34)32(19)16(10)21(37)38)29-17(33)14(11-8-41-22(26)27-11)30-39-9(2)20(35)36/h5,8-9,15,19H,3-4,6-7H2,1-2H3,(H8,24,25,26,27,29,33,35,36,37,38)/b30-14-/t9-,15?,19?/m0/s1. The van der Waals surface area contributed by atoms with Crippen LogP contribution in [0.25, 0.3) is 0 Å². The second kappa shape index (κ2) is 12.8. The van der Waals surface area contributed by atoms with Crippen molar-refractivity contribution in [2.75, 3.05) is 28.7 Å². The number of amides is 2. The van der Waals surface area contributed by atoms with Gasteiger partial charge in [0.05, 0.1) is 24.3 Å². The van der Waals surface area contributed by atoms with Crippen molar-refractivity contribution in [2.24, 2.45) is 5.16 Å². The van der Waals surface area contributed by atoms with E-state index in [0.29, 0.717) is 23.1 Å². The molecule has 224 valence electrons. The number of carboxylic acids is 2. The maximum atomic E-state index is 13.1. The molecule has 0 bridgehead atoms. The number of carboxylic acid groups (broad SMARTS) is 2. The molecule has 2 aromatic rings. The Hall–Kier alpha value is -4.10. The Kier molecular flexibility index (Phi) is 9.42. The average molecular weight is 638 g/mol. The number of nitrogens with one attached hydrogen (secondary N) is 1. The van der Waals surface area contributed by atoms with Gasteiger partial charge in [-0.3, -0.25) is 14.5 Å². The topological polar surface area (TPSA) is 256 Å². The van der Waals surface area contributed by atoms with Crippen LogP contribution < -0.4 is 32.2 Å². The van der Waals surface area contributed by atoms with Crippen LogP contribution >= 0.6 is 34.9 Å². The van der Waals surface area contributed by atoms with Crippen molar-refractivity contribution in [1.82, 2.24) is 20.2 Å². The van der Waals surface area contributed by atoms with Crippen molar-refractivity contribution in [1.29, 1.82) is 0 Å². The van der Waals surface area contributed by atoms with Crippen LogP contribution in [-0.4, -0.2) is 78.5 Å². The smallest absolute Gasteiger partial charge is 0.347 e. The number of carbonyl (C=O) groups is 4. The number of nitrogens with zero attached hydrogens (tertiary/aromatic N) is 5. The minimum atomic E-state index is -1.54. The molecule has 4 heterocycles. The number of rotatable bonds is 12. The van der Waals surface area contributed by atoms with Crippen LogP contribution in [0, 0.1) is 0 Å². The number of carbonyl (C=O) groups excluding carboxylic acids is 3. The lowest BCUT2D eigenvalue weighted by Gasteiger charge is -2.50. The van der Waals surface area contributed by atoms with Gasteiger partial charge < -0.3 is 42.4 Å². The number of thioether (sulfide) groups is 2. The van der Waals surface area contributed by atoms with Gasteiger partial charge >= 0.3 is 11.1 Å². The number of β-lactam (4-membered cyclic amide) rings is 1. The van der Waals surface area contributed by atoms with Gasteiger partial charge in [-0.15, -0.1) is 23.1 Å². The molecule has 2 aliphatic heterocycles. The predicted molar refractivity (Wildman–Crippen MR) is 153 cm³/mol. The summed E-state index contributed by atoms with van der Waals surface area (Å²) in [5.41, 5.74) is 17.4. The summed E-state index contributed by atoms with van der Waals surface area (Å²) in [5, 5.41) is 28.7. The second-order valence-electron chi connectivity index (χ2n) is 9.03. The fourth-order valence-corrected chi connectivity index (χ4v) is 7.11. The van der Waals surface area contributed by atoms with Crippen molar-refractivity contribution < 1.29 is 38.8 Å². The summed E-state index contributed by atoms with van der Waals surface area (Å²) in [6, 6.07) is 0.435. The molecule has 2 unspecified atom stereocenters. The number of anilines is 3. The number of oxime groups is 1. The van der Waals surface area contributed by atoms with Crippen LogP contribution in [0.15, 0.2) is 33.0 Å². The number of fused-ring (bicyclic) bond motifs is 1. The highest BCUT2D eigenvalue weighted by atomic mass is 32.2. The van der Waals surface area contributed by atoms with E-state index in [1.165, 1.54) is 41.9 Å². The molecule has 4 rings (SSSR count). The predicted octanol–water partition coefficient (Wildman–Crippen LogP) is -1.63. The highest BCUT2D eigenvalue weighted by Gasteiger charge is 2.53. The van der Waals surface area contributed by atoms with Gasteiger partial charge in [0, 0.05) is 16.9 Å². The Bertz CT molecular complexity index is 1500. The van der Waals surface area contributed by atoms with E-state index in [9.17, 15) is 24.3 Å². The summed E-state index contributed by atoms with van der Waals surface area (Å²) in [6.07, 6.45) is -0.595. The first kappa shape index (κ1) is 30.8. The lowest BCUT2D eigenvalue weighted by atomic mass is 10.0. The van der Waals surface area contributed by atoms with E-state index in [0.717, 1.165) is 22.7 Å². The van der Waals surface area contributed by atoms with Crippen molar-refractivity contribution in [3.8, 4) is 0 Å². The molecule has 0 spiro atoms. The minimum Gasteiger partial charge on any atom is -0.543 e. The summed E-state index contributed by atoms with van der Waals surface area (Å²) in [5.74, 6) is -3.37. The maximum absolute atomic E-state index is 13.1. The van der Waals surface area contributed by atoms with Crippen molar-refractivity contribution in [3.05, 3.63) is 28.4 Å². The number of nitrogen functional groups attached to an aromatic ring is 3. The van der Waals surface area contributed by atoms with Gasteiger partial charge in [0.1, 0.15) is 17.1 Å². The summed E-state index contributed by atoms with van der Waals surface area (Å²) in [6.45, 7) is 3.77. The zero-order valence-electron chi connectivity index (χ0n) is 22.3. The highest BCUT2D eigenvalue weighted by molar-refractivity contribution is 8.01. The molecule has 2 amide bonds. The second-order valence-corrected chi connectivity index (χ2v) is 12.0. The summed E-state index contributed by atoms with van der Waals surface area (Å²) in [7, 11) is 0. The molecule has 8 N–H and O–H groups in total. The molecule has 19 heteroatoms. The molecule has 2 aromatic heterocycles. The van der Waals surface area contributed by atoms with Crippen LogP contribution in [0.3, 0.4) is 0 Å². The molecule has 16 nitrogen and oxygen atoms in total. The fourth-order valence-electron chi connectivity index (χ4n) is 4.02. The number of aliphatic carboxylic acids is 2. The molecule has 1 saturated heterocycles. The molecular weight excluding hydrogens is 611 g/mol. The van der Waals surface area contributed by atoms with Gasteiger partial charge in [0.2, 0.25) is 17.7 Å². The van der Waals surface area contributed by atoms with E-state index in [4.69, 9.17) is 27.1 Å². The highest BCUT2D eigenvalue weighted by Crippen LogP contribution is 2.41. The third-order valence-electron chi connectivity index (χ3n) is 6.04. The maximum Gasteiger partial charge on any atom is 0.347 e.